The van der Waals surface area contributed by atoms with Crippen LogP contribution < -0.4 is 0 Å². The van der Waals surface area contributed by atoms with Crippen LogP contribution >= 0.6 is 0 Å². The second kappa shape index (κ2) is 5.27. The van der Waals surface area contributed by atoms with Crippen LogP contribution in [0.25, 0.3) is 0 Å². The molecule has 0 bridgehead atoms. The Bertz CT molecular complexity index is 239. The first-order chi connectivity index (χ1) is 5.67. The van der Waals surface area contributed by atoms with Crippen molar-refractivity contribution in [3.63, 3.8) is 0 Å². The summed E-state index contributed by atoms with van der Waals surface area (Å²) in [5.74, 6) is 0.230. The summed E-state index contributed by atoms with van der Waals surface area (Å²) < 4.78 is 4.46. The molecule has 0 saturated carbocycles. The first-order valence-corrected chi connectivity index (χ1v) is 3.67. The van der Waals surface area contributed by atoms with E-state index in [4.69, 9.17) is 5.41 Å². The van der Waals surface area contributed by atoms with Crippen LogP contribution in [-0.4, -0.2) is 24.2 Å². The molecule has 0 fully saturated rings. The molecule has 4 heteroatoms. The highest BCUT2D eigenvalue weighted by Crippen LogP contribution is 1.98. The Balaban J connectivity index is 4.38. The number of carbonyl (C=O) groups is 2. The predicted octanol–water partition coefficient (Wildman–Crippen LogP) is 0.703. The third-order valence-electron chi connectivity index (χ3n) is 1.24. The SMILES string of the molecule is CCOC(=O)C(=O)C(=C=N)CC. The van der Waals surface area contributed by atoms with Gasteiger partial charge in [-0.15, -0.1) is 0 Å². The minimum atomic E-state index is -0.908. The molecular formula is C8H11NO3. The molecule has 66 valence electrons. The maximum atomic E-state index is 11.0. The number of hydrogen-bond donors (Lipinski definition) is 1. The van der Waals surface area contributed by atoms with Crippen molar-refractivity contribution in [3.8, 4) is 0 Å². The van der Waals surface area contributed by atoms with Crippen LogP contribution in [0.1, 0.15) is 20.3 Å². The van der Waals surface area contributed by atoms with E-state index in [0.29, 0.717) is 6.42 Å². The molecule has 0 aromatic rings. The smallest absolute Gasteiger partial charge is 0.380 e. The number of esters is 1. The number of ether oxygens (including phenoxy) is 1. The van der Waals surface area contributed by atoms with Crippen molar-refractivity contribution < 1.29 is 14.3 Å². The Hall–Kier alpha value is -1.41. The summed E-state index contributed by atoms with van der Waals surface area (Å²) in [6, 6.07) is 0. The van der Waals surface area contributed by atoms with Crippen LogP contribution in [-0.2, 0) is 14.3 Å². The van der Waals surface area contributed by atoms with E-state index in [9.17, 15) is 9.59 Å². The second-order valence-electron chi connectivity index (χ2n) is 2.01. The van der Waals surface area contributed by atoms with E-state index in [1.807, 2.05) is 5.87 Å². The highest BCUT2D eigenvalue weighted by atomic mass is 16.5. The standard InChI is InChI=1S/C8H11NO3/c1-3-6(5-9)7(10)8(11)12-4-2/h9H,3-4H2,1-2H3. The fourth-order valence-corrected chi connectivity index (χ4v) is 0.626. The van der Waals surface area contributed by atoms with Crippen molar-refractivity contribution in [2.24, 2.45) is 0 Å². The molecule has 4 nitrogen and oxygen atoms in total. The predicted molar refractivity (Wildman–Crippen MR) is 43.2 cm³/mol. The molecule has 1 N–H and O–H groups in total. The molecular weight excluding hydrogens is 158 g/mol. The van der Waals surface area contributed by atoms with Gasteiger partial charge in [0.1, 0.15) is 0 Å². The zero-order valence-corrected chi connectivity index (χ0v) is 7.14. The summed E-state index contributed by atoms with van der Waals surface area (Å²) in [4.78, 5) is 21.8. The zero-order chi connectivity index (χ0) is 9.56. The molecule has 0 aromatic carbocycles. The van der Waals surface area contributed by atoms with Crippen LogP contribution in [0.15, 0.2) is 5.57 Å². The number of carbonyl (C=O) groups excluding carboxylic acids is 2. The zero-order valence-electron chi connectivity index (χ0n) is 7.14. The summed E-state index contributed by atoms with van der Waals surface area (Å²) in [5, 5.41) is 6.70. The monoisotopic (exact) mass is 169 g/mol. The van der Waals surface area contributed by atoms with Crippen LogP contribution in [0.3, 0.4) is 0 Å². The molecule has 0 saturated heterocycles. The molecule has 0 aliphatic heterocycles. The number of hydrogen-bond acceptors (Lipinski definition) is 4. The Morgan fingerprint density at radius 1 is 1.42 bits per heavy atom. The minimum Gasteiger partial charge on any atom is -0.460 e. The van der Waals surface area contributed by atoms with Gasteiger partial charge in [0.25, 0.3) is 5.78 Å². The van der Waals surface area contributed by atoms with Crippen LogP contribution in [0.2, 0.25) is 0 Å². The highest BCUT2D eigenvalue weighted by molar-refractivity contribution is 6.42. The summed E-state index contributed by atoms with van der Waals surface area (Å²) in [5.41, 5.74) is 0.0495. The van der Waals surface area contributed by atoms with E-state index in [1.165, 1.54) is 0 Å². The first-order valence-electron chi connectivity index (χ1n) is 3.67. The average molecular weight is 169 g/mol. The molecule has 0 rings (SSSR count). The molecule has 0 aromatic heterocycles. The van der Waals surface area contributed by atoms with Gasteiger partial charge in [-0.3, -0.25) is 10.2 Å². The number of ketones is 1. The van der Waals surface area contributed by atoms with E-state index < -0.39 is 11.8 Å². The molecule has 0 aliphatic rings. The van der Waals surface area contributed by atoms with Crippen molar-refractivity contribution in [2.45, 2.75) is 20.3 Å². The number of nitrogens with one attached hydrogen (secondary N) is 1. The van der Waals surface area contributed by atoms with Crippen molar-refractivity contribution in [2.75, 3.05) is 6.61 Å². The Morgan fingerprint density at radius 2 is 2.00 bits per heavy atom. The van der Waals surface area contributed by atoms with E-state index >= 15 is 0 Å². The highest BCUT2D eigenvalue weighted by Gasteiger charge is 2.18. The average Bonchev–Trinajstić information content (AvgIpc) is 2.07. The van der Waals surface area contributed by atoms with E-state index in [-0.39, 0.29) is 12.2 Å². The molecule has 0 aliphatic carbocycles. The topological polar surface area (TPSA) is 67.2 Å². The Kier molecular flexibility index (Phi) is 4.65. The normalized spacial score (nSPS) is 8.50. The lowest BCUT2D eigenvalue weighted by Gasteiger charge is -1.99. The van der Waals surface area contributed by atoms with Crippen LogP contribution in [0.5, 0.6) is 0 Å². The van der Waals surface area contributed by atoms with Crippen molar-refractivity contribution in [1.29, 1.82) is 5.41 Å². The molecule has 0 amide bonds. The van der Waals surface area contributed by atoms with Gasteiger partial charge in [0.05, 0.1) is 12.2 Å². The largest absolute Gasteiger partial charge is 0.460 e. The molecule has 12 heavy (non-hydrogen) atoms. The maximum Gasteiger partial charge on any atom is 0.380 e. The molecule has 0 spiro atoms. The Labute approximate surface area is 70.7 Å². The van der Waals surface area contributed by atoms with Gasteiger partial charge in [-0.05, 0) is 19.2 Å². The maximum absolute atomic E-state index is 11.0. The van der Waals surface area contributed by atoms with Crippen molar-refractivity contribution in [1.82, 2.24) is 0 Å². The second-order valence-corrected chi connectivity index (χ2v) is 2.01. The van der Waals surface area contributed by atoms with Crippen molar-refractivity contribution in [3.05, 3.63) is 5.57 Å². The summed E-state index contributed by atoms with van der Waals surface area (Å²) in [6.45, 7) is 3.46. The summed E-state index contributed by atoms with van der Waals surface area (Å²) in [7, 11) is 0. The van der Waals surface area contributed by atoms with Crippen LogP contribution in [0.4, 0.5) is 0 Å². The van der Waals surface area contributed by atoms with Crippen molar-refractivity contribution >= 4 is 17.6 Å². The van der Waals surface area contributed by atoms with Gasteiger partial charge in [-0.2, -0.15) is 0 Å². The molecule has 0 atom stereocenters. The summed E-state index contributed by atoms with van der Waals surface area (Å²) in [6.07, 6.45) is 0.321. The van der Waals surface area contributed by atoms with Crippen LogP contribution in [0, 0.1) is 5.41 Å². The first kappa shape index (κ1) is 10.6. The lowest BCUT2D eigenvalue weighted by molar-refractivity contribution is -0.151. The fraction of sp³-hybridized carbons (Fsp3) is 0.500. The minimum absolute atomic E-state index is 0.0495. The van der Waals surface area contributed by atoms with Gasteiger partial charge in [0.15, 0.2) is 0 Å². The van der Waals surface area contributed by atoms with E-state index in [0.717, 1.165) is 0 Å². The molecule has 0 unspecified atom stereocenters. The van der Waals surface area contributed by atoms with E-state index in [2.05, 4.69) is 4.74 Å². The van der Waals surface area contributed by atoms with Gasteiger partial charge >= 0.3 is 5.97 Å². The van der Waals surface area contributed by atoms with Gasteiger partial charge in [0, 0.05) is 0 Å². The summed E-state index contributed by atoms with van der Waals surface area (Å²) >= 11 is 0. The third kappa shape index (κ3) is 2.68. The molecule has 0 heterocycles. The lowest BCUT2D eigenvalue weighted by Crippen LogP contribution is -2.19. The number of Topliss-reactive ketones (excluding diaryl/α,β-unsaturated/α-hetero) is 1. The van der Waals surface area contributed by atoms with Gasteiger partial charge < -0.3 is 4.74 Å². The van der Waals surface area contributed by atoms with Gasteiger partial charge in [-0.1, -0.05) is 6.92 Å². The lowest BCUT2D eigenvalue weighted by atomic mass is 10.1. The van der Waals surface area contributed by atoms with Gasteiger partial charge in [-0.25, -0.2) is 4.79 Å². The fourth-order valence-electron chi connectivity index (χ4n) is 0.626. The van der Waals surface area contributed by atoms with E-state index in [1.54, 1.807) is 13.8 Å². The third-order valence-corrected chi connectivity index (χ3v) is 1.24. The Morgan fingerprint density at radius 3 is 2.33 bits per heavy atom. The molecule has 0 radical (unpaired) electrons. The number of rotatable bonds is 4. The van der Waals surface area contributed by atoms with Gasteiger partial charge in [0.2, 0.25) is 0 Å². The quantitative estimate of drug-likeness (QED) is 0.291.